The fourth-order valence-electron chi connectivity index (χ4n) is 1.69. The summed E-state index contributed by atoms with van der Waals surface area (Å²) in [5.41, 5.74) is 3.25. The van der Waals surface area contributed by atoms with E-state index in [4.69, 9.17) is 0 Å². The highest BCUT2D eigenvalue weighted by Gasteiger charge is 2.09. The van der Waals surface area contributed by atoms with Gasteiger partial charge in [0.15, 0.2) is 9.84 Å². The summed E-state index contributed by atoms with van der Waals surface area (Å²) in [5.74, 6) is -0.358. The third-order valence-corrected chi connectivity index (χ3v) is 3.92. The van der Waals surface area contributed by atoms with E-state index in [1.54, 1.807) is 12.1 Å². The van der Waals surface area contributed by atoms with E-state index in [9.17, 15) is 18.3 Å². The third-order valence-electron chi connectivity index (χ3n) is 2.79. The molecule has 22 heavy (non-hydrogen) atoms. The van der Waals surface area contributed by atoms with E-state index in [0.29, 0.717) is 11.1 Å². The minimum absolute atomic E-state index is 0.103. The van der Waals surface area contributed by atoms with Gasteiger partial charge in [-0.1, -0.05) is 12.1 Å². The highest BCUT2D eigenvalue weighted by molar-refractivity contribution is 7.90. The Balaban J connectivity index is 2.03. The SMILES string of the molecule is CS(=O)(=O)c1ccc(C(=O)N/N=C/c2cccc(O)c2)cc1. The summed E-state index contributed by atoms with van der Waals surface area (Å²) in [6, 6.07) is 12.0. The van der Waals surface area contributed by atoms with Gasteiger partial charge < -0.3 is 5.11 Å². The topological polar surface area (TPSA) is 95.8 Å². The zero-order chi connectivity index (χ0) is 16.2. The highest BCUT2D eigenvalue weighted by atomic mass is 32.2. The zero-order valence-electron chi connectivity index (χ0n) is 11.7. The number of nitrogens with zero attached hydrogens (tertiary/aromatic N) is 1. The van der Waals surface area contributed by atoms with Crippen LogP contribution < -0.4 is 5.43 Å². The summed E-state index contributed by atoms with van der Waals surface area (Å²) < 4.78 is 22.7. The molecule has 6 nitrogen and oxygen atoms in total. The van der Waals surface area contributed by atoms with Crippen molar-refractivity contribution in [1.82, 2.24) is 5.43 Å². The summed E-state index contributed by atoms with van der Waals surface area (Å²) in [6.45, 7) is 0. The lowest BCUT2D eigenvalue weighted by Crippen LogP contribution is -2.17. The Hall–Kier alpha value is -2.67. The van der Waals surface area contributed by atoms with Crippen molar-refractivity contribution in [2.45, 2.75) is 4.90 Å². The maximum Gasteiger partial charge on any atom is 0.271 e. The minimum atomic E-state index is -3.29. The minimum Gasteiger partial charge on any atom is -0.508 e. The van der Waals surface area contributed by atoms with Crippen LogP contribution in [-0.4, -0.2) is 31.9 Å². The first-order valence-corrected chi connectivity index (χ1v) is 8.18. The molecule has 0 unspecified atom stereocenters. The number of hydrogen-bond donors (Lipinski definition) is 2. The van der Waals surface area contributed by atoms with Crippen molar-refractivity contribution in [3.8, 4) is 5.75 Å². The molecular formula is C15H14N2O4S. The number of nitrogens with one attached hydrogen (secondary N) is 1. The first kappa shape index (κ1) is 15.7. The van der Waals surface area contributed by atoms with Crippen molar-refractivity contribution in [3.63, 3.8) is 0 Å². The predicted molar refractivity (Wildman–Crippen MR) is 82.7 cm³/mol. The molecule has 0 bridgehead atoms. The largest absolute Gasteiger partial charge is 0.508 e. The molecule has 0 aliphatic rings. The summed E-state index contributed by atoms with van der Waals surface area (Å²) in [6.07, 6.45) is 2.49. The molecule has 0 aliphatic carbocycles. The van der Waals surface area contributed by atoms with Gasteiger partial charge in [0.2, 0.25) is 0 Å². The number of aromatic hydroxyl groups is 1. The number of amides is 1. The van der Waals surface area contributed by atoms with E-state index in [1.807, 2.05) is 0 Å². The Morgan fingerprint density at radius 2 is 1.86 bits per heavy atom. The maximum atomic E-state index is 11.8. The smallest absolute Gasteiger partial charge is 0.271 e. The standard InChI is InChI=1S/C15H14N2O4S/c1-22(20,21)14-7-5-12(6-8-14)15(19)17-16-10-11-3-2-4-13(18)9-11/h2-10,18H,1H3,(H,17,19)/b16-10+. The van der Waals surface area contributed by atoms with Gasteiger partial charge in [0.25, 0.3) is 5.91 Å². The first-order valence-electron chi connectivity index (χ1n) is 6.29. The van der Waals surface area contributed by atoms with Gasteiger partial charge in [-0.15, -0.1) is 0 Å². The van der Waals surface area contributed by atoms with Crippen LogP contribution in [0.25, 0.3) is 0 Å². The number of phenolic OH excluding ortho intramolecular Hbond substituents is 1. The van der Waals surface area contributed by atoms with Crippen LogP contribution in [0.4, 0.5) is 0 Å². The van der Waals surface area contributed by atoms with Crippen LogP contribution in [0.1, 0.15) is 15.9 Å². The van der Waals surface area contributed by atoms with Gasteiger partial charge >= 0.3 is 0 Å². The molecule has 2 N–H and O–H groups in total. The lowest BCUT2D eigenvalue weighted by molar-refractivity contribution is 0.0955. The summed E-state index contributed by atoms with van der Waals surface area (Å²) in [4.78, 5) is 12.0. The van der Waals surface area contributed by atoms with Gasteiger partial charge in [-0.2, -0.15) is 5.10 Å². The molecule has 0 saturated carbocycles. The molecule has 0 radical (unpaired) electrons. The lowest BCUT2D eigenvalue weighted by Gasteiger charge is -2.02. The number of hydrogen-bond acceptors (Lipinski definition) is 5. The van der Waals surface area contributed by atoms with Gasteiger partial charge in [0, 0.05) is 11.8 Å². The molecule has 0 aromatic heterocycles. The van der Waals surface area contributed by atoms with Gasteiger partial charge in [0.05, 0.1) is 11.1 Å². The molecular weight excluding hydrogens is 304 g/mol. The summed E-state index contributed by atoms with van der Waals surface area (Å²) >= 11 is 0. The fraction of sp³-hybridized carbons (Fsp3) is 0.0667. The van der Waals surface area contributed by atoms with E-state index in [1.165, 1.54) is 42.6 Å². The lowest BCUT2D eigenvalue weighted by atomic mass is 10.2. The zero-order valence-corrected chi connectivity index (χ0v) is 12.5. The Labute approximate surface area is 128 Å². The van der Waals surface area contributed by atoms with Gasteiger partial charge in [-0.05, 0) is 42.0 Å². The Morgan fingerprint density at radius 3 is 2.45 bits per heavy atom. The Bertz CT molecular complexity index is 812. The van der Waals surface area contributed by atoms with Crippen molar-refractivity contribution in [1.29, 1.82) is 0 Å². The second-order valence-electron chi connectivity index (χ2n) is 4.59. The van der Waals surface area contributed by atoms with E-state index in [-0.39, 0.29) is 10.6 Å². The van der Waals surface area contributed by atoms with E-state index in [0.717, 1.165) is 6.26 Å². The molecule has 0 atom stereocenters. The van der Waals surface area contributed by atoms with Crippen LogP contribution in [-0.2, 0) is 9.84 Å². The van der Waals surface area contributed by atoms with Crippen molar-refractivity contribution in [2.24, 2.45) is 5.10 Å². The van der Waals surface area contributed by atoms with Crippen molar-refractivity contribution in [2.75, 3.05) is 6.26 Å². The first-order chi connectivity index (χ1) is 10.4. The summed E-state index contributed by atoms with van der Waals surface area (Å²) in [5, 5.41) is 13.1. The van der Waals surface area contributed by atoms with Gasteiger partial charge in [-0.25, -0.2) is 13.8 Å². The van der Waals surface area contributed by atoms with E-state index >= 15 is 0 Å². The number of sulfone groups is 1. The molecule has 1 amide bonds. The molecule has 0 fully saturated rings. The van der Waals surface area contributed by atoms with E-state index in [2.05, 4.69) is 10.5 Å². The average molecular weight is 318 g/mol. The normalized spacial score (nSPS) is 11.5. The van der Waals surface area contributed by atoms with Crippen molar-refractivity contribution in [3.05, 3.63) is 59.7 Å². The third kappa shape index (κ3) is 4.16. The van der Waals surface area contributed by atoms with Crippen molar-refractivity contribution >= 4 is 22.0 Å². The van der Waals surface area contributed by atoms with Crippen LogP contribution >= 0.6 is 0 Å². The molecule has 0 spiro atoms. The van der Waals surface area contributed by atoms with Crippen LogP contribution in [0.5, 0.6) is 5.75 Å². The number of carbonyl (C=O) groups is 1. The fourth-order valence-corrected chi connectivity index (χ4v) is 2.32. The second-order valence-corrected chi connectivity index (χ2v) is 6.61. The number of phenols is 1. The molecule has 0 heterocycles. The maximum absolute atomic E-state index is 11.8. The highest BCUT2D eigenvalue weighted by Crippen LogP contribution is 2.10. The van der Waals surface area contributed by atoms with Gasteiger partial charge in [0.1, 0.15) is 5.75 Å². The monoisotopic (exact) mass is 318 g/mol. The Kier molecular flexibility index (Phi) is 4.57. The van der Waals surface area contributed by atoms with Crippen LogP contribution in [0.15, 0.2) is 58.5 Å². The molecule has 2 aromatic carbocycles. The van der Waals surface area contributed by atoms with Crippen LogP contribution in [0.2, 0.25) is 0 Å². The van der Waals surface area contributed by atoms with Crippen LogP contribution in [0.3, 0.4) is 0 Å². The molecule has 2 rings (SSSR count). The molecule has 114 valence electrons. The summed E-state index contributed by atoms with van der Waals surface area (Å²) in [7, 11) is -3.29. The number of benzene rings is 2. The number of hydrazone groups is 1. The molecule has 0 aliphatic heterocycles. The van der Waals surface area contributed by atoms with Gasteiger partial charge in [-0.3, -0.25) is 4.79 Å². The van der Waals surface area contributed by atoms with Crippen LogP contribution in [0, 0.1) is 0 Å². The molecule has 0 saturated heterocycles. The predicted octanol–water partition coefficient (Wildman–Crippen LogP) is 1.56. The molecule has 2 aromatic rings. The van der Waals surface area contributed by atoms with Crippen molar-refractivity contribution < 1.29 is 18.3 Å². The average Bonchev–Trinajstić information content (AvgIpc) is 2.46. The Morgan fingerprint density at radius 1 is 1.18 bits per heavy atom. The second kappa shape index (κ2) is 6.40. The number of carbonyl (C=O) groups excluding carboxylic acids is 1. The van der Waals surface area contributed by atoms with E-state index < -0.39 is 15.7 Å². The molecule has 7 heteroatoms. The quantitative estimate of drug-likeness (QED) is 0.660. The number of rotatable bonds is 4.